The Morgan fingerprint density at radius 1 is 1.21 bits per heavy atom. The number of likely N-dealkylation sites (N-methyl/N-ethyl adjacent to an activating group) is 1. The van der Waals surface area contributed by atoms with Crippen LogP contribution in [0.3, 0.4) is 0 Å². The standard InChI is InChI=1S/C21H25N3O4S/c1-4-6-11-22(5-2)18(25)14-23-17-10-12-29-19(17)20(26)24(21(23)27)15-8-7-9-16(13-15)28-3/h7-10,12-13H,4-6,11,14H2,1-3H3. The van der Waals surface area contributed by atoms with Crippen LogP contribution in [0.15, 0.2) is 45.3 Å². The summed E-state index contributed by atoms with van der Waals surface area (Å²) in [5.74, 6) is 0.408. The van der Waals surface area contributed by atoms with Gasteiger partial charge in [-0.25, -0.2) is 9.36 Å². The Morgan fingerprint density at radius 3 is 2.69 bits per heavy atom. The van der Waals surface area contributed by atoms with Crippen LogP contribution in [0, 0.1) is 0 Å². The minimum Gasteiger partial charge on any atom is -0.497 e. The molecule has 1 amide bonds. The number of fused-ring (bicyclic) bond motifs is 1. The number of thiophene rings is 1. The number of benzene rings is 1. The van der Waals surface area contributed by atoms with Crippen LogP contribution in [0.25, 0.3) is 15.9 Å². The first-order valence-electron chi connectivity index (χ1n) is 9.67. The molecular formula is C21H25N3O4S. The summed E-state index contributed by atoms with van der Waals surface area (Å²) in [5, 5.41) is 1.76. The van der Waals surface area contributed by atoms with E-state index in [1.165, 1.54) is 23.0 Å². The van der Waals surface area contributed by atoms with Crippen molar-refractivity contribution in [3.05, 3.63) is 56.5 Å². The van der Waals surface area contributed by atoms with E-state index in [0.29, 0.717) is 34.7 Å². The van der Waals surface area contributed by atoms with Crippen molar-refractivity contribution in [2.75, 3.05) is 20.2 Å². The lowest BCUT2D eigenvalue weighted by Gasteiger charge is -2.21. The highest BCUT2D eigenvalue weighted by Gasteiger charge is 2.20. The molecule has 0 radical (unpaired) electrons. The van der Waals surface area contributed by atoms with E-state index in [9.17, 15) is 14.4 Å². The van der Waals surface area contributed by atoms with Crippen LogP contribution < -0.4 is 16.0 Å². The van der Waals surface area contributed by atoms with Gasteiger partial charge in [-0.15, -0.1) is 11.3 Å². The molecule has 0 saturated carbocycles. The Kier molecular flexibility index (Phi) is 6.53. The van der Waals surface area contributed by atoms with Gasteiger partial charge in [0.15, 0.2) is 0 Å². The van der Waals surface area contributed by atoms with E-state index in [0.717, 1.165) is 17.4 Å². The van der Waals surface area contributed by atoms with Gasteiger partial charge >= 0.3 is 5.69 Å². The molecule has 0 bridgehead atoms. The third-order valence-corrected chi connectivity index (χ3v) is 5.77. The van der Waals surface area contributed by atoms with Gasteiger partial charge in [-0.2, -0.15) is 0 Å². The summed E-state index contributed by atoms with van der Waals surface area (Å²) in [6.45, 7) is 5.13. The quantitative estimate of drug-likeness (QED) is 0.567. The Hall–Kier alpha value is -2.87. The van der Waals surface area contributed by atoms with Crippen LogP contribution in [0.4, 0.5) is 0 Å². The summed E-state index contributed by atoms with van der Waals surface area (Å²) in [6.07, 6.45) is 1.89. The topological polar surface area (TPSA) is 73.5 Å². The molecule has 7 nitrogen and oxygen atoms in total. The van der Waals surface area contributed by atoms with Gasteiger partial charge in [-0.3, -0.25) is 14.2 Å². The van der Waals surface area contributed by atoms with E-state index in [4.69, 9.17) is 4.74 Å². The summed E-state index contributed by atoms with van der Waals surface area (Å²) in [6, 6.07) is 8.49. The van der Waals surface area contributed by atoms with E-state index in [1.54, 1.807) is 40.6 Å². The van der Waals surface area contributed by atoms with E-state index in [1.807, 2.05) is 6.92 Å². The normalized spacial score (nSPS) is 11.0. The number of amides is 1. The third-order valence-electron chi connectivity index (χ3n) is 4.88. The molecule has 8 heteroatoms. The lowest BCUT2D eigenvalue weighted by molar-refractivity contribution is -0.131. The molecule has 1 aromatic carbocycles. The number of nitrogens with zero attached hydrogens (tertiary/aromatic N) is 3. The predicted octanol–water partition coefficient (Wildman–Crippen LogP) is 2.87. The Bertz CT molecular complexity index is 1130. The van der Waals surface area contributed by atoms with E-state index >= 15 is 0 Å². The van der Waals surface area contributed by atoms with Crippen molar-refractivity contribution in [1.29, 1.82) is 0 Å². The van der Waals surface area contributed by atoms with Crippen molar-refractivity contribution in [3.8, 4) is 11.4 Å². The molecule has 3 rings (SSSR count). The van der Waals surface area contributed by atoms with Crippen molar-refractivity contribution in [2.45, 2.75) is 33.2 Å². The molecule has 3 aromatic rings. The summed E-state index contributed by atoms with van der Waals surface area (Å²) in [7, 11) is 1.52. The fourth-order valence-electron chi connectivity index (χ4n) is 3.26. The predicted molar refractivity (Wildman–Crippen MR) is 115 cm³/mol. The maximum Gasteiger partial charge on any atom is 0.336 e. The van der Waals surface area contributed by atoms with Crippen LogP contribution in [0.1, 0.15) is 26.7 Å². The zero-order valence-electron chi connectivity index (χ0n) is 16.9. The average molecular weight is 416 g/mol. The second kappa shape index (κ2) is 9.09. The highest BCUT2D eigenvalue weighted by atomic mass is 32.1. The molecular weight excluding hydrogens is 390 g/mol. The van der Waals surface area contributed by atoms with E-state index < -0.39 is 11.2 Å². The van der Waals surface area contributed by atoms with Crippen LogP contribution in [0.5, 0.6) is 5.75 Å². The maximum absolute atomic E-state index is 13.3. The molecule has 0 aliphatic carbocycles. The Morgan fingerprint density at radius 2 is 2.00 bits per heavy atom. The molecule has 0 unspecified atom stereocenters. The molecule has 0 atom stereocenters. The molecule has 2 aromatic heterocycles. The number of methoxy groups -OCH3 is 1. The summed E-state index contributed by atoms with van der Waals surface area (Å²) >= 11 is 1.26. The fraction of sp³-hybridized carbons (Fsp3) is 0.381. The second-order valence-corrected chi connectivity index (χ2v) is 7.59. The second-order valence-electron chi connectivity index (χ2n) is 6.67. The highest BCUT2D eigenvalue weighted by molar-refractivity contribution is 7.17. The molecule has 154 valence electrons. The molecule has 0 spiro atoms. The SMILES string of the molecule is CCCCN(CC)C(=O)Cn1c(=O)n(-c2cccc(OC)c2)c(=O)c2sccc21. The van der Waals surface area contributed by atoms with Crippen molar-refractivity contribution in [3.63, 3.8) is 0 Å². The number of aromatic nitrogens is 2. The van der Waals surface area contributed by atoms with Crippen LogP contribution in [-0.4, -0.2) is 40.1 Å². The number of carbonyl (C=O) groups is 1. The number of rotatable bonds is 8. The fourth-order valence-corrected chi connectivity index (χ4v) is 4.08. The van der Waals surface area contributed by atoms with Crippen molar-refractivity contribution >= 4 is 27.5 Å². The minimum atomic E-state index is -0.533. The first kappa shape index (κ1) is 20.9. The number of carbonyl (C=O) groups excluding carboxylic acids is 1. The van der Waals surface area contributed by atoms with Gasteiger partial charge in [0.25, 0.3) is 5.56 Å². The van der Waals surface area contributed by atoms with Gasteiger partial charge in [0.1, 0.15) is 17.0 Å². The first-order valence-corrected chi connectivity index (χ1v) is 10.5. The number of unbranched alkanes of at least 4 members (excludes halogenated alkanes) is 1. The molecule has 2 heterocycles. The largest absolute Gasteiger partial charge is 0.497 e. The molecule has 29 heavy (non-hydrogen) atoms. The van der Waals surface area contributed by atoms with Crippen LogP contribution in [0.2, 0.25) is 0 Å². The molecule has 0 saturated heterocycles. The van der Waals surface area contributed by atoms with Crippen molar-refractivity contribution in [1.82, 2.24) is 14.0 Å². The number of ether oxygens (including phenoxy) is 1. The van der Waals surface area contributed by atoms with Crippen LogP contribution >= 0.6 is 11.3 Å². The first-order chi connectivity index (χ1) is 14.0. The van der Waals surface area contributed by atoms with Gasteiger partial charge < -0.3 is 9.64 Å². The number of hydrogen-bond donors (Lipinski definition) is 0. The zero-order valence-corrected chi connectivity index (χ0v) is 17.7. The molecule has 0 aliphatic rings. The van der Waals surface area contributed by atoms with E-state index in [2.05, 4.69) is 6.92 Å². The summed E-state index contributed by atoms with van der Waals surface area (Å²) < 4.78 is 8.17. The smallest absolute Gasteiger partial charge is 0.336 e. The van der Waals surface area contributed by atoms with Gasteiger partial charge in [0.2, 0.25) is 5.91 Å². The molecule has 0 fully saturated rings. The molecule has 0 aliphatic heterocycles. The lowest BCUT2D eigenvalue weighted by Crippen LogP contribution is -2.42. The van der Waals surface area contributed by atoms with Crippen molar-refractivity contribution in [2.24, 2.45) is 0 Å². The Balaban J connectivity index is 2.13. The van der Waals surface area contributed by atoms with Crippen molar-refractivity contribution < 1.29 is 9.53 Å². The Labute approximate surface area is 172 Å². The van der Waals surface area contributed by atoms with Gasteiger partial charge in [-0.1, -0.05) is 19.4 Å². The highest BCUT2D eigenvalue weighted by Crippen LogP contribution is 2.18. The van der Waals surface area contributed by atoms with E-state index in [-0.39, 0.29) is 12.5 Å². The molecule has 0 N–H and O–H groups in total. The lowest BCUT2D eigenvalue weighted by atomic mass is 10.3. The van der Waals surface area contributed by atoms with Crippen LogP contribution in [-0.2, 0) is 11.3 Å². The van der Waals surface area contributed by atoms with Gasteiger partial charge in [0.05, 0.1) is 18.3 Å². The third kappa shape index (κ3) is 4.12. The zero-order chi connectivity index (χ0) is 21.0. The summed E-state index contributed by atoms with van der Waals surface area (Å²) in [4.78, 5) is 40.9. The average Bonchev–Trinajstić information content (AvgIpc) is 3.22. The maximum atomic E-state index is 13.3. The monoisotopic (exact) mass is 415 g/mol. The van der Waals surface area contributed by atoms with Gasteiger partial charge in [-0.05, 0) is 36.9 Å². The summed E-state index contributed by atoms with van der Waals surface area (Å²) in [5.41, 5.74) is -0.0254. The minimum absolute atomic E-state index is 0.103. The van der Waals surface area contributed by atoms with Gasteiger partial charge in [0, 0.05) is 19.2 Å². The number of hydrogen-bond acceptors (Lipinski definition) is 5.